The van der Waals surface area contributed by atoms with Crippen LogP contribution in [0.4, 0.5) is 0 Å². The third-order valence-electron chi connectivity index (χ3n) is 3.24. The first kappa shape index (κ1) is 14.8. The van der Waals surface area contributed by atoms with Crippen LogP contribution in [0.25, 0.3) is 11.1 Å². The van der Waals surface area contributed by atoms with Crippen LogP contribution in [0, 0.1) is 6.92 Å². The molecule has 0 unspecified atom stereocenters. The van der Waals surface area contributed by atoms with Crippen molar-refractivity contribution in [3.05, 3.63) is 59.7 Å². The Kier molecular flexibility index (Phi) is 5.33. The molecule has 106 valence electrons. The van der Waals surface area contributed by atoms with Crippen LogP contribution in [-0.2, 0) is 9.47 Å². The summed E-state index contributed by atoms with van der Waals surface area (Å²) in [5.41, 5.74) is 4.80. The Balaban J connectivity index is 2.29. The second-order valence-electron chi connectivity index (χ2n) is 4.68. The van der Waals surface area contributed by atoms with Gasteiger partial charge in [-0.15, -0.1) is 0 Å². The summed E-state index contributed by atoms with van der Waals surface area (Å²) in [6.45, 7) is 7.38. The molecule has 0 atom stereocenters. The minimum absolute atomic E-state index is 0.270. The molecule has 0 bridgehead atoms. The zero-order chi connectivity index (χ0) is 14.4. The monoisotopic (exact) mass is 270 g/mol. The van der Waals surface area contributed by atoms with E-state index >= 15 is 0 Å². The van der Waals surface area contributed by atoms with Gasteiger partial charge in [0.2, 0.25) is 0 Å². The number of hydrogen-bond donors (Lipinski definition) is 0. The second-order valence-corrected chi connectivity index (χ2v) is 4.68. The number of ether oxygens (including phenoxy) is 2. The van der Waals surface area contributed by atoms with E-state index in [0.717, 1.165) is 5.56 Å². The van der Waals surface area contributed by atoms with Crippen molar-refractivity contribution in [2.75, 3.05) is 13.2 Å². The molecule has 2 nitrogen and oxygen atoms in total. The molecule has 2 aromatic carbocycles. The van der Waals surface area contributed by atoms with Gasteiger partial charge in [-0.1, -0.05) is 48.5 Å². The van der Waals surface area contributed by atoms with Crippen LogP contribution in [0.15, 0.2) is 48.5 Å². The molecule has 0 heterocycles. The Morgan fingerprint density at radius 1 is 0.900 bits per heavy atom. The van der Waals surface area contributed by atoms with Crippen molar-refractivity contribution in [1.29, 1.82) is 0 Å². The highest BCUT2D eigenvalue weighted by atomic mass is 16.7. The van der Waals surface area contributed by atoms with Gasteiger partial charge < -0.3 is 9.47 Å². The third-order valence-corrected chi connectivity index (χ3v) is 3.24. The highest BCUT2D eigenvalue weighted by Crippen LogP contribution is 2.27. The van der Waals surface area contributed by atoms with Crippen molar-refractivity contribution in [3.63, 3.8) is 0 Å². The van der Waals surface area contributed by atoms with Gasteiger partial charge in [-0.2, -0.15) is 0 Å². The lowest BCUT2D eigenvalue weighted by molar-refractivity contribution is -0.140. The van der Waals surface area contributed by atoms with Gasteiger partial charge in [-0.3, -0.25) is 0 Å². The van der Waals surface area contributed by atoms with Gasteiger partial charge >= 0.3 is 0 Å². The van der Waals surface area contributed by atoms with Crippen molar-refractivity contribution >= 4 is 0 Å². The molecule has 0 spiro atoms. The molecule has 0 radical (unpaired) electrons. The molecule has 0 aliphatic heterocycles. The molecule has 2 heteroatoms. The summed E-state index contributed by atoms with van der Waals surface area (Å²) in [5.74, 6) is 0. The van der Waals surface area contributed by atoms with Gasteiger partial charge in [0.15, 0.2) is 6.29 Å². The van der Waals surface area contributed by atoms with Gasteiger partial charge in [0.1, 0.15) is 0 Å². The maximum Gasteiger partial charge on any atom is 0.183 e. The Hall–Kier alpha value is -1.64. The molecule has 0 saturated carbocycles. The summed E-state index contributed by atoms with van der Waals surface area (Å²) in [7, 11) is 0. The largest absolute Gasteiger partial charge is 0.349 e. The molecule has 0 aromatic heterocycles. The van der Waals surface area contributed by atoms with Gasteiger partial charge in [0.05, 0.1) is 0 Å². The van der Waals surface area contributed by atoms with E-state index < -0.39 is 0 Å². The summed E-state index contributed by atoms with van der Waals surface area (Å²) in [6, 6.07) is 16.8. The lowest BCUT2D eigenvalue weighted by Crippen LogP contribution is -2.09. The van der Waals surface area contributed by atoms with Crippen molar-refractivity contribution in [3.8, 4) is 11.1 Å². The van der Waals surface area contributed by atoms with E-state index in [1.54, 1.807) is 0 Å². The topological polar surface area (TPSA) is 18.5 Å². The van der Waals surface area contributed by atoms with Crippen LogP contribution < -0.4 is 0 Å². The molecule has 0 aliphatic rings. The fraction of sp³-hybridized carbons (Fsp3) is 0.333. The lowest BCUT2D eigenvalue weighted by Gasteiger charge is -2.18. The van der Waals surface area contributed by atoms with E-state index in [0.29, 0.717) is 13.2 Å². The van der Waals surface area contributed by atoms with Gasteiger partial charge in [-0.05, 0) is 37.5 Å². The summed E-state index contributed by atoms with van der Waals surface area (Å²) in [4.78, 5) is 0. The average molecular weight is 270 g/mol. The van der Waals surface area contributed by atoms with Crippen LogP contribution in [-0.4, -0.2) is 13.2 Å². The van der Waals surface area contributed by atoms with Crippen molar-refractivity contribution < 1.29 is 9.47 Å². The zero-order valence-corrected chi connectivity index (χ0v) is 12.4. The SMILES string of the molecule is CCOC(OCC)c1ccc(-c2ccccc2)c(C)c1. The highest BCUT2D eigenvalue weighted by molar-refractivity contribution is 5.67. The first-order chi connectivity index (χ1) is 9.76. The molecular formula is C18H22O2. The number of benzene rings is 2. The van der Waals surface area contributed by atoms with E-state index in [2.05, 4.69) is 49.4 Å². The Morgan fingerprint density at radius 2 is 1.55 bits per heavy atom. The number of rotatable bonds is 6. The maximum atomic E-state index is 5.65. The summed E-state index contributed by atoms with van der Waals surface area (Å²) >= 11 is 0. The fourth-order valence-corrected chi connectivity index (χ4v) is 2.32. The van der Waals surface area contributed by atoms with Crippen molar-refractivity contribution in [1.82, 2.24) is 0 Å². The van der Waals surface area contributed by atoms with Gasteiger partial charge in [0.25, 0.3) is 0 Å². The molecular weight excluding hydrogens is 248 g/mol. The van der Waals surface area contributed by atoms with Crippen LogP contribution >= 0.6 is 0 Å². The van der Waals surface area contributed by atoms with E-state index in [1.165, 1.54) is 16.7 Å². The molecule has 0 N–H and O–H groups in total. The van der Waals surface area contributed by atoms with E-state index in [-0.39, 0.29) is 6.29 Å². The van der Waals surface area contributed by atoms with Gasteiger partial charge in [-0.25, -0.2) is 0 Å². The summed E-state index contributed by atoms with van der Waals surface area (Å²) in [5, 5.41) is 0. The molecule has 2 aromatic rings. The maximum absolute atomic E-state index is 5.65. The molecule has 0 aliphatic carbocycles. The second kappa shape index (κ2) is 7.22. The standard InChI is InChI=1S/C18H22O2/c1-4-19-18(20-5-2)16-11-12-17(14(3)13-16)15-9-7-6-8-10-15/h6-13,18H,4-5H2,1-3H3. The number of aryl methyl sites for hydroxylation is 1. The van der Waals surface area contributed by atoms with Crippen molar-refractivity contribution in [2.24, 2.45) is 0 Å². The predicted molar refractivity (Wildman–Crippen MR) is 82.6 cm³/mol. The quantitative estimate of drug-likeness (QED) is 0.706. The predicted octanol–water partition coefficient (Wildman–Crippen LogP) is 4.73. The zero-order valence-electron chi connectivity index (χ0n) is 12.4. The van der Waals surface area contributed by atoms with E-state index in [9.17, 15) is 0 Å². The van der Waals surface area contributed by atoms with Crippen LogP contribution in [0.2, 0.25) is 0 Å². The summed E-state index contributed by atoms with van der Waals surface area (Å²) in [6.07, 6.45) is -0.270. The van der Waals surface area contributed by atoms with Crippen LogP contribution in [0.1, 0.15) is 31.3 Å². The molecule has 0 fully saturated rings. The smallest absolute Gasteiger partial charge is 0.183 e. The van der Waals surface area contributed by atoms with Crippen LogP contribution in [0.3, 0.4) is 0 Å². The van der Waals surface area contributed by atoms with Gasteiger partial charge in [0, 0.05) is 18.8 Å². The fourth-order valence-electron chi connectivity index (χ4n) is 2.32. The Morgan fingerprint density at radius 3 is 2.10 bits per heavy atom. The van der Waals surface area contributed by atoms with Crippen molar-refractivity contribution in [2.45, 2.75) is 27.1 Å². The third kappa shape index (κ3) is 3.47. The minimum atomic E-state index is -0.270. The molecule has 2 rings (SSSR count). The molecule has 0 amide bonds. The highest BCUT2D eigenvalue weighted by Gasteiger charge is 2.12. The first-order valence-corrected chi connectivity index (χ1v) is 7.15. The normalized spacial score (nSPS) is 11.0. The van der Waals surface area contributed by atoms with E-state index in [4.69, 9.17) is 9.47 Å². The molecule has 20 heavy (non-hydrogen) atoms. The number of hydrogen-bond acceptors (Lipinski definition) is 2. The summed E-state index contributed by atoms with van der Waals surface area (Å²) < 4.78 is 11.3. The van der Waals surface area contributed by atoms with Crippen LogP contribution in [0.5, 0.6) is 0 Å². The molecule has 0 saturated heterocycles. The Bertz CT molecular complexity index is 528. The lowest BCUT2D eigenvalue weighted by atomic mass is 9.98. The van der Waals surface area contributed by atoms with E-state index in [1.807, 2.05) is 19.9 Å². The minimum Gasteiger partial charge on any atom is -0.349 e. The Labute approximate surface area is 121 Å². The average Bonchev–Trinajstić information content (AvgIpc) is 2.48. The first-order valence-electron chi connectivity index (χ1n) is 7.15.